The topological polar surface area (TPSA) is 61.8 Å². The highest BCUT2D eigenvalue weighted by molar-refractivity contribution is 5.67. The van der Waals surface area contributed by atoms with Gasteiger partial charge in [-0.1, -0.05) is 6.92 Å². The second-order valence-electron chi connectivity index (χ2n) is 6.33. The number of carbonyl (C=O) groups excluding carboxylic acids is 1. The molecule has 116 valence electrons. The van der Waals surface area contributed by atoms with Crippen molar-refractivity contribution in [1.29, 1.82) is 0 Å². The molecule has 2 fully saturated rings. The molecule has 1 aliphatic carbocycles. The molecule has 2 aliphatic rings. The standard InChI is InChI=1S/C15H28N2O3/c1-3-6-17-9-11(8-14(18)12-4-5-12)7-13(10-17)16-15(19)20-2/h11-14,18H,3-10H2,1-2H3,(H,16,19). The monoisotopic (exact) mass is 284 g/mol. The predicted octanol–water partition coefficient (Wildman–Crippen LogP) is 1.60. The number of aliphatic hydroxyl groups excluding tert-OH is 1. The summed E-state index contributed by atoms with van der Waals surface area (Å²) in [6.07, 6.45) is 4.77. The predicted molar refractivity (Wildman–Crippen MR) is 77.5 cm³/mol. The van der Waals surface area contributed by atoms with Crippen LogP contribution in [0.3, 0.4) is 0 Å². The van der Waals surface area contributed by atoms with Crippen molar-refractivity contribution in [3.63, 3.8) is 0 Å². The summed E-state index contributed by atoms with van der Waals surface area (Å²) in [4.78, 5) is 13.8. The molecule has 2 N–H and O–H groups in total. The number of piperidine rings is 1. The van der Waals surface area contributed by atoms with E-state index in [1.807, 2.05) is 0 Å². The van der Waals surface area contributed by atoms with E-state index in [1.165, 1.54) is 20.0 Å². The Bertz CT molecular complexity index is 320. The number of alkyl carbamates (subject to hydrolysis) is 1. The minimum absolute atomic E-state index is 0.138. The zero-order valence-electron chi connectivity index (χ0n) is 12.7. The van der Waals surface area contributed by atoms with E-state index in [2.05, 4.69) is 17.1 Å². The van der Waals surface area contributed by atoms with Crippen molar-refractivity contribution in [3.8, 4) is 0 Å². The number of amides is 1. The van der Waals surface area contributed by atoms with Crippen molar-refractivity contribution >= 4 is 6.09 Å². The Morgan fingerprint density at radius 3 is 2.80 bits per heavy atom. The van der Waals surface area contributed by atoms with Crippen LogP contribution in [0.2, 0.25) is 0 Å². The number of nitrogens with zero attached hydrogens (tertiary/aromatic N) is 1. The summed E-state index contributed by atoms with van der Waals surface area (Å²) in [6, 6.07) is 0.138. The quantitative estimate of drug-likeness (QED) is 0.778. The number of ether oxygens (including phenoxy) is 1. The third-order valence-electron chi connectivity index (χ3n) is 4.40. The minimum atomic E-state index is -0.352. The van der Waals surface area contributed by atoms with Crippen molar-refractivity contribution in [1.82, 2.24) is 10.2 Å². The van der Waals surface area contributed by atoms with Crippen LogP contribution in [0.5, 0.6) is 0 Å². The highest BCUT2D eigenvalue weighted by Gasteiger charge is 2.34. The van der Waals surface area contributed by atoms with Crippen LogP contribution in [0.25, 0.3) is 0 Å². The fraction of sp³-hybridized carbons (Fsp3) is 0.933. The lowest BCUT2D eigenvalue weighted by Crippen LogP contribution is -2.51. The lowest BCUT2D eigenvalue weighted by atomic mass is 9.88. The zero-order chi connectivity index (χ0) is 14.5. The molecule has 1 heterocycles. The fourth-order valence-corrected chi connectivity index (χ4v) is 3.32. The number of likely N-dealkylation sites (tertiary alicyclic amines) is 1. The Labute approximate surface area is 121 Å². The van der Waals surface area contributed by atoms with Crippen LogP contribution in [-0.4, -0.2) is 55.0 Å². The number of methoxy groups -OCH3 is 1. The Kier molecular flexibility index (Phi) is 5.66. The lowest BCUT2D eigenvalue weighted by molar-refractivity contribution is 0.0734. The molecule has 1 aliphatic heterocycles. The molecule has 20 heavy (non-hydrogen) atoms. The van der Waals surface area contributed by atoms with E-state index in [0.717, 1.165) is 38.9 Å². The van der Waals surface area contributed by atoms with Gasteiger partial charge in [-0.2, -0.15) is 0 Å². The average molecular weight is 284 g/mol. The maximum absolute atomic E-state index is 11.4. The third kappa shape index (κ3) is 4.63. The number of carbonyl (C=O) groups is 1. The summed E-state index contributed by atoms with van der Waals surface area (Å²) in [6.45, 7) is 5.15. The molecule has 1 amide bonds. The molecule has 0 aromatic rings. The van der Waals surface area contributed by atoms with E-state index in [4.69, 9.17) is 4.74 Å². The third-order valence-corrected chi connectivity index (χ3v) is 4.40. The normalized spacial score (nSPS) is 28.9. The molecule has 1 saturated carbocycles. The van der Waals surface area contributed by atoms with Crippen molar-refractivity contribution in [2.45, 2.75) is 51.2 Å². The van der Waals surface area contributed by atoms with Crippen molar-refractivity contribution in [3.05, 3.63) is 0 Å². The first kappa shape index (κ1) is 15.6. The minimum Gasteiger partial charge on any atom is -0.453 e. The SMILES string of the molecule is CCCN1CC(CC(O)C2CC2)CC(NC(=O)OC)C1. The molecule has 1 saturated heterocycles. The van der Waals surface area contributed by atoms with E-state index >= 15 is 0 Å². The molecule has 0 bridgehead atoms. The molecule has 0 spiro atoms. The number of aliphatic hydroxyl groups is 1. The van der Waals surface area contributed by atoms with Crippen LogP contribution in [-0.2, 0) is 4.74 Å². The van der Waals surface area contributed by atoms with Crippen LogP contribution >= 0.6 is 0 Å². The maximum Gasteiger partial charge on any atom is 0.407 e. The zero-order valence-corrected chi connectivity index (χ0v) is 12.7. The molecule has 5 heteroatoms. The maximum atomic E-state index is 11.4. The molecule has 0 aromatic heterocycles. The first-order valence-electron chi connectivity index (χ1n) is 7.87. The summed E-state index contributed by atoms with van der Waals surface area (Å²) in [5, 5.41) is 13.1. The first-order chi connectivity index (χ1) is 9.62. The van der Waals surface area contributed by atoms with Crippen LogP contribution in [0.1, 0.15) is 39.0 Å². The van der Waals surface area contributed by atoms with E-state index < -0.39 is 0 Å². The van der Waals surface area contributed by atoms with E-state index in [-0.39, 0.29) is 18.2 Å². The van der Waals surface area contributed by atoms with Crippen LogP contribution in [0.4, 0.5) is 4.79 Å². The van der Waals surface area contributed by atoms with Gasteiger partial charge < -0.3 is 20.1 Å². The van der Waals surface area contributed by atoms with Crippen LogP contribution in [0.15, 0.2) is 0 Å². The second-order valence-corrected chi connectivity index (χ2v) is 6.33. The van der Waals surface area contributed by atoms with Gasteiger partial charge in [0.05, 0.1) is 13.2 Å². The van der Waals surface area contributed by atoms with Crippen LogP contribution < -0.4 is 5.32 Å². The summed E-state index contributed by atoms with van der Waals surface area (Å²) < 4.78 is 4.69. The van der Waals surface area contributed by atoms with Gasteiger partial charge in [0.25, 0.3) is 0 Å². The average Bonchev–Trinajstić information content (AvgIpc) is 3.23. The van der Waals surface area contributed by atoms with E-state index in [9.17, 15) is 9.90 Å². The Hall–Kier alpha value is -0.810. The highest BCUT2D eigenvalue weighted by atomic mass is 16.5. The highest BCUT2D eigenvalue weighted by Crippen LogP contribution is 2.36. The Balaban J connectivity index is 1.87. The Morgan fingerprint density at radius 1 is 1.45 bits per heavy atom. The molecular formula is C15H28N2O3. The van der Waals surface area contributed by atoms with E-state index in [1.54, 1.807) is 0 Å². The van der Waals surface area contributed by atoms with Gasteiger partial charge in [-0.05, 0) is 50.5 Å². The lowest BCUT2D eigenvalue weighted by Gasteiger charge is -2.38. The van der Waals surface area contributed by atoms with Gasteiger partial charge >= 0.3 is 6.09 Å². The number of hydrogen-bond donors (Lipinski definition) is 2. The van der Waals surface area contributed by atoms with Crippen molar-refractivity contribution < 1.29 is 14.6 Å². The number of hydrogen-bond acceptors (Lipinski definition) is 4. The van der Waals surface area contributed by atoms with Gasteiger partial charge in [-0.25, -0.2) is 4.79 Å². The fourth-order valence-electron chi connectivity index (χ4n) is 3.32. The van der Waals surface area contributed by atoms with Crippen LogP contribution in [0, 0.1) is 11.8 Å². The van der Waals surface area contributed by atoms with Gasteiger partial charge in [-0.3, -0.25) is 0 Å². The molecule has 0 aromatic carbocycles. The molecule has 3 atom stereocenters. The first-order valence-corrected chi connectivity index (χ1v) is 7.87. The number of nitrogens with one attached hydrogen (secondary N) is 1. The molecule has 3 unspecified atom stereocenters. The van der Waals surface area contributed by atoms with Gasteiger partial charge in [0.2, 0.25) is 0 Å². The van der Waals surface area contributed by atoms with E-state index in [0.29, 0.717) is 11.8 Å². The van der Waals surface area contributed by atoms with Gasteiger partial charge in [0, 0.05) is 19.1 Å². The summed E-state index contributed by atoms with van der Waals surface area (Å²) >= 11 is 0. The smallest absolute Gasteiger partial charge is 0.407 e. The summed E-state index contributed by atoms with van der Waals surface area (Å²) in [7, 11) is 1.40. The summed E-state index contributed by atoms with van der Waals surface area (Å²) in [5.74, 6) is 0.997. The molecule has 2 rings (SSSR count). The largest absolute Gasteiger partial charge is 0.453 e. The number of rotatable bonds is 6. The second kappa shape index (κ2) is 7.27. The Morgan fingerprint density at radius 2 is 2.20 bits per heavy atom. The molecule has 0 radical (unpaired) electrons. The van der Waals surface area contributed by atoms with Gasteiger partial charge in [0.15, 0.2) is 0 Å². The van der Waals surface area contributed by atoms with Crippen molar-refractivity contribution in [2.75, 3.05) is 26.7 Å². The van der Waals surface area contributed by atoms with Gasteiger partial charge in [0.1, 0.15) is 0 Å². The van der Waals surface area contributed by atoms with Crippen molar-refractivity contribution in [2.24, 2.45) is 11.8 Å². The van der Waals surface area contributed by atoms with Gasteiger partial charge in [-0.15, -0.1) is 0 Å². The summed E-state index contributed by atoms with van der Waals surface area (Å²) in [5.41, 5.74) is 0. The molecule has 5 nitrogen and oxygen atoms in total. The molecular weight excluding hydrogens is 256 g/mol.